The SMILES string of the molecule is Cc1c(C2CC(=O)Nc3c2cnn3C2CCN(C)CC2)sc2ccccc12. The summed E-state index contributed by atoms with van der Waals surface area (Å²) in [4.78, 5) is 16.2. The average Bonchev–Trinajstić information content (AvgIpc) is 3.24. The van der Waals surface area contributed by atoms with Crippen LogP contribution in [0.15, 0.2) is 30.5 Å². The second-order valence-corrected chi connectivity index (χ2v) is 8.90. The molecule has 1 unspecified atom stereocenters. The Morgan fingerprint density at radius 1 is 1.22 bits per heavy atom. The lowest BCUT2D eigenvalue weighted by atomic mass is 9.90. The molecule has 4 heterocycles. The van der Waals surface area contributed by atoms with Gasteiger partial charge in [0.2, 0.25) is 5.91 Å². The predicted molar refractivity (Wildman–Crippen MR) is 110 cm³/mol. The summed E-state index contributed by atoms with van der Waals surface area (Å²) in [5, 5.41) is 9.15. The normalized spacial score (nSPS) is 21.4. The largest absolute Gasteiger partial charge is 0.311 e. The van der Waals surface area contributed by atoms with Crippen molar-refractivity contribution in [1.29, 1.82) is 0 Å². The van der Waals surface area contributed by atoms with Crippen molar-refractivity contribution in [3.05, 3.63) is 46.5 Å². The van der Waals surface area contributed by atoms with Crippen molar-refractivity contribution in [3.8, 4) is 0 Å². The minimum absolute atomic E-state index is 0.0963. The summed E-state index contributed by atoms with van der Waals surface area (Å²) in [6, 6.07) is 8.88. The zero-order valence-corrected chi connectivity index (χ0v) is 16.6. The minimum Gasteiger partial charge on any atom is -0.311 e. The van der Waals surface area contributed by atoms with Crippen LogP contribution in [0.1, 0.15) is 47.2 Å². The molecule has 1 fully saturated rings. The van der Waals surface area contributed by atoms with Crippen LogP contribution in [0.2, 0.25) is 0 Å². The summed E-state index contributed by atoms with van der Waals surface area (Å²) in [6.45, 7) is 4.33. The summed E-state index contributed by atoms with van der Waals surface area (Å²) >= 11 is 1.82. The molecule has 0 radical (unpaired) electrons. The zero-order valence-electron chi connectivity index (χ0n) is 15.7. The van der Waals surface area contributed by atoms with Crippen molar-refractivity contribution in [2.45, 2.75) is 38.1 Å². The maximum atomic E-state index is 12.6. The van der Waals surface area contributed by atoms with E-state index in [4.69, 9.17) is 5.10 Å². The molecule has 5 nitrogen and oxygen atoms in total. The van der Waals surface area contributed by atoms with E-state index in [0.717, 1.165) is 31.7 Å². The van der Waals surface area contributed by atoms with Gasteiger partial charge in [-0.2, -0.15) is 5.10 Å². The number of aromatic nitrogens is 2. The number of carbonyl (C=O) groups excluding carboxylic acids is 1. The fraction of sp³-hybridized carbons (Fsp3) is 0.429. The molecule has 1 saturated heterocycles. The number of thiophene rings is 1. The highest BCUT2D eigenvalue weighted by molar-refractivity contribution is 7.19. The summed E-state index contributed by atoms with van der Waals surface area (Å²) in [6.07, 6.45) is 4.64. The summed E-state index contributed by atoms with van der Waals surface area (Å²) in [7, 11) is 2.16. The number of hydrogen-bond donors (Lipinski definition) is 1. The Bertz CT molecular complexity index is 1010. The fourth-order valence-corrected chi connectivity index (χ4v) is 5.84. The number of aryl methyl sites for hydroxylation is 1. The van der Waals surface area contributed by atoms with Gasteiger partial charge in [-0.05, 0) is 56.9 Å². The van der Waals surface area contributed by atoms with Crippen LogP contribution in [-0.4, -0.2) is 40.7 Å². The maximum Gasteiger partial charge on any atom is 0.226 e. The Hall–Kier alpha value is -2.18. The van der Waals surface area contributed by atoms with Crippen LogP contribution >= 0.6 is 11.3 Å². The number of hydrogen-bond acceptors (Lipinski definition) is 4. The van der Waals surface area contributed by atoms with Crippen LogP contribution in [0.3, 0.4) is 0 Å². The van der Waals surface area contributed by atoms with Gasteiger partial charge in [-0.25, -0.2) is 4.68 Å². The molecule has 2 aliphatic heterocycles. The van der Waals surface area contributed by atoms with Crippen molar-refractivity contribution in [1.82, 2.24) is 14.7 Å². The number of likely N-dealkylation sites (tertiary alicyclic amines) is 1. The number of anilines is 1. The molecule has 0 saturated carbocycles. The highest BCUT2D eigenvalue weighted by atomic mass is 32.1. The first-order valence-electron chi connectivity index (χ1n) is 9.65. The van der Waals surface area contributed by atoms with E-state index in [0.29, 0.717) is 12.5 Å². The van der Waals surface area contributed by atoms with Gasteiger partial charge in [-0.3, -0.25) is 4.79 Å². The van der Waals surface area contributed by atoms with Crippen LogP contribution in [0, 0.1) is 6.92 Å². The number of piperidine rings is 1. The highest BCUT2D eigenvalue weighted by Crippen LogP contribution is 2.45. The molecule has 2 aliphatic rings. The maximum absolute atomic E-state index is 12.6. The molecule has 3 aromatic rings. The first-order valence-corrected chi connectivity index (χ1v) is 10.5. The molecule has 1 amide bonds. The van der Waals surface area contributed by atoms with Crippen molar-refractivity contribution in [2.24, 2.45) is 0 Å². The van der Waals surface area contributed by atoms with E-state index in [9.17, 15) is 4.79 Å². The van der Waals surface area contributed by atoms with E-state index in [1.807, 2.05) is 17.5 Å². The molecule has 140 valence electrons. The third kappa shape index (κ3) is 2.78. The van der Waals surface area contributed by atoms with Crippen molar-refractivity contribution < 1.29 is 4.79 Å². The van der Waals surface area contributed by atoms with Gasteiger partial charge in [-0.1, -0.05) is 18.2 Å². The van der Waals surface area contributed by atoms with Gasteiger partial charge < -0.3 is 10.2 Å². The second-order valence-electron chi connectivity index (χ2n) is 7.82. The molecular formula is C21H24N4OS. The van der Waals surface area contributed by atoms with E-state index in [2.05, 4.69) is 53.1 Å². The number of benzene rings is 1. The van der Waals surface area contributed by atoms with Crippen LogP contribution in [-0.2, 0) is 4.79 Å². The van der Waals surface area contributed by atoms with E-state index in [1.165, 1.54) is 26.1 Å². The Morgan fingerprint density at radius 2 is 2.00 bits per heavy atom. The number of rotatable bonds is 2. The van der Waals surface area contributed by atoms with Gasteiger partial charge in [0.1, 0.15) is 5.82 Å². The molecule has 5 rings (SSSR count). The number of nitrogens with one attached hydrogen (secondary N) is 1. The van der Waals surface area contributed by atoms with Gasteiger partial charge in [0, 0.05) is 27.5 Å². The molecule has 27 heavy (non-hydrogen) atoms. The van der Waals surface area contributed by atoms with E-state index in [1.54, 1.807) is 0 Å². The standard InChI is InChI=1S/C21H24N4OS/c1-13-15-5-3-4-6-18(15)27-20(13)16-11-19(26)23-21-17(16)12-22-25(21)14-7-9-24(2)10-8-14/h3-6,12,14,16H,7-11H2,1-2H3,(H,23,26). The molecule has 0 aliphatic carbocycles. The zero-order chi connectivity index (χ0) is 18.5. The van der Waals surface area contributed by atoms with Gasteiger partial charge in [0.05, 0.1) is 12.2 Å². The quantitative estimate of drug-likeness (QED) is 0.727. The molecule has 0 bridgehead atoms. The Kier molecular flexibility index (Phi) is 4.06. The first kappa shape index (κ1) is 17.0. The molecular weight excluding hydrogens is 356 g/mol. The van der Waals surface area contributed by atoms with Gasteiger partial charge in [-0.15, -0.1) is 11.3 Å². The van der Waals surface area contributed by atoms with Crippen molar-refractivity contribution in [3.63, 3.8) is 0 Å². The fourth-order valence-electron chi connectivity index (χ4n) is 4.51. The molecule has 2 aromatic heterocycles. The third-order valence-electron chi connectivity index (χ3n) is 6.08. The molecule has 6 heteroatoms. The highest BCUT2D eigenvalue weighted by Gasteiger charge is 2.34. The van der Waals surface area contributed by atoms with Gasteiger partial charge in [0.15, 0.2) is 0 Å². The lowest BCUT2D eigenvalue weighted by Crippen LogP contribution is -2.33. The van der Waals surface area contributed by atoms with E-state index >= 15 is 0 Å². The monoisotopic (exact) mass is 380 g/mol. The smallest absolute Gasteiger partial charge is 0.226 e. The van der Waals surface area contributed by atoms with Gasteiger partial charge in [0.25, 0.3) is 0 Å². The molecule has 0 spiro atoms. The Labute approximate surface area is 163 Å². The van der Waals surface area contributed by atoms with Crippen LogP contribution in [0.4, 0.5) is 5.82 Å². The van der Waals surface area contributed by atoms with Crippen LogP contribution < -0.4 is 5.32 Å². The summed E-state index contributed by atoms with van der Waals surface area (Å²) in [5.41, 5.74) is 2.47. The molecule has 1 aromatic carbocycles. The molecule has 1 N–H and O–H groups in total. The summed E-state index contributed by atoms with van der Waals surface area (Å²) in [5.74, 6) is 1.12. The number of fused-ring (bicyclic) bond motifs is 2. The Morgan fingerprint density at radius 3 is 2.78 bits per heavy atom. The Balaban J connectivity index is 1.57. The number of nitrogens with zero attached hydrogens (tertiary/aromatic N) is 3. The van der Waals surface area contributed by atoms with Gasteiger partial charge >= 0.3 is 0 Å². The number of carbonyl (C=O) groups is 1. The summed E-state index contributed by atoms with van der Waals surface area (Å²) < 4.78 is 3.37. The topological polar surface area (TPSA) is 50.2 Å². The van der Waals surface area contributed by atoms with E-state index < -0.39 is 0 Å². The lowest BCUT2D eigenvalue weighted by Gasteiger charge is -2.31. The minimum atomic E-state index is 0.0963. The second kappa shape index (κ2) is 6.46. The van der Waals surface area contributed by atoms with Crippen molar-refractivity contribution in [2.75, 3.05) is 25.5 Å². The first-order chi connectivity index (χ1) is 13.1. The third-order valence-corrected chi connectivity index (χ3v) is 7.46. The lowest BCUT2D eigenvalue weighted by molar-refractivity contribution is -0.116. The molecule has 1 atom stereocenters. The van der Waals surface area contributed by atoms with Crippen molar-refractivity contribution >= 4 is 33.1 Å². The van der Waals surface area contributed by atoms with Crippen LogP contribution in [0.25, 0.3) is 10.1 Å². The van der Waals surface area contributed by atoms with Crippen LogP contribution in [0.5, 0.6) is 0 Å². The van der Waals surface area contributed by atoms with E-state index in [-0.39, 0.29) is 11.8 Å². The average molecular weight is 381 g/mol. The number of amides is 1. The predicted octanol–water partition coefficient (Wildman–Crippen LogP) is 4.15.